The zero-order valence-corrected chi connectivity index (χ0v) is 15.8. The largest absolute Gasteiger partial charge is 0.360 e. The molecular weight excluding hydrogens is 393 g/mol. The van der Waals surface area contributed by atoms with E-state index in [1.54, 1.807) is 29.2 Å². The van der Waals surface area contributed by atoms with Crippen molar-refractivity contribution in [3.8, 4) is 0 Å². The van der Waals surface area contributed by atoms with Crippen molar-refractivity contribution in [2.24, 2.45) is 0 Å². The van der Waals surface area contributed by atoms with Crippen LogP contribution in [-0.4, -0.2) is 38.8 Å². The van der Waals surface area contributed by atoms with E-state index >= 15 is 0 Å². The highest BCUT2D eigenvalue weighted by Gasteiger charge is 2.22. The number of aromatic amines is 2. The lowest BCUT2D eigenvalue weighted by Crippen LogP contribution is -2.34. The molecule has 0 saturated heterocycles. The highest BCUT2D eigenvalue weighted by Crippen LogP contribution is 2.30. The van der Waals surface area contributed by atoms with E-state index in [1.165, 1.54) is 12.1 Å². The van der Waals surface area contributed by atoms with Crippen LogP contribution in [-0.2, 0) is 0 Å². The van der Waals surface area contributed by atoms with Crippen LogP contribution in [0, 0.1) is 5.82 Å². The minimum absolute atomic E-state index is 0.165. The number of carbonyl (C=O) groups is 1. The van der Waals surface area contributed by atoms with Crippen LogP contribution in [0.4, 0.5) is 13.2 Å². The average Bonchev–Trinajstić information content (AvgIpc) is 3.36. The Balaban J connectivity index is 1.37. The number of hydrogen-bond donors (Lipinski definition) is 2. The third-order valence-corrected chi connectivity index (χ3v) is 5.44. The second kappa shape index (κ2) is 7.05. The molecule has 0 saturated carbocycles. The lowest BCUT2D eigenvalue weighted by molar-refractivity contribution is 0.0773. The van der Waals surface area contributed by atoms with E-state index in [2.05, 4.69) is 15.0 Å². The molecule has 5 nitrogen and oxygen atoms in total. The fourth-order valence-corrected chi connectivity index (χ4v) is 3.91. The summed E-state index contributed by atoms with van der Waals surface area (Å²) < 4.78 is 39.1. The van der Waals surface area contributed by atoms with Gasteiger partial charge in [0.05, 0.1) is 11.0 Å². The smallest absolute Gasteiger partial charge is 0.295 e. The van der Waals surface area contributed by atoms with E-state index in [0.29, 0.717) is 36.1 Å². The molecule has 3 heterocycles. The Kier molecular flexibility index (Phi) is 4.34. The number of fused-ring (bicyclic) bond motifs is 2. The first kappa shape index (κ1) is 18.5. The SMILES string of the molecule is O=C(c1ccc2nc(C(F)F)[nH]c2c1)N1CC=C(c2c[nH]c3cc(F)ccc23)CC1. The first-order valence-electron chi connectivity index (χ1n) is 9.53. The number of amides is 1. The summed E-state index contributed by atoms with van der Waals surface area (Å²) in [5.41, 5.74) is 4.08. The van der Waals surface area contributed by atoms with E-state index < -0.39 is 12.2 Å². The monoisotopic (exact) mass is 410 g/mol. The summed E-state index contributed by atoms with van der Waals surface area (Å²) in [6, 6.07) is 9.38. The van der Waals surface area contributed by atoms with Crippen molar-refractivity contribution in [3.05, 3.63) is 71.4 Å². The molecule has 2 N–H and O–H groups in total. The van der Waals surface area contributed by atoms with E-state index in [4.69, 9.17) is 0 Å². The van der Waals surface area contributed by atoms with Crippen LogP contribution < -0.4 is 0 Å². The molecule has 8 heteroatoms. The molecule has 1 amide bonds. The maximum Gasteiger partial charge on any atom is 0.295 e. The predicted octanol–water partition coefficient (Wildman–Crippen LogP) is 5.05. The van der Waals surface area contributed by atoms with E-state index in [-0.39, 0.29) is 11.7 Å². The average molecular weight is 410 g/mol. The number of imidazole rings is 1. The summed E-state index contributed by atoms with van der Waals surface area (Å²) in [6.07, 6.45) is 1.83. The molecule has 0 atom stereocenters. The molecule has 1 aliphatic heterocycles. The van der Waals surface area contributed by atoms with Crippen LogP contribution in [0.15, 0.2) is 48.7 Å². The zero-order chi connectivity index (χ0) is 20.8. The molecule has 4 aromatic rings. The van der Waals surface area contributed by atoms with Gasteiger partial charge >= 0.3 is 0 Å². The van der Waals surface area contributed by atoms with Crippen molar-refractivity contribution in [3.63, 3.8) is 0 Å². The highest BCUT2D eigenvalue weighted by molar-refractivity contribution is 5.98. The Morgan fingerprint density at radius 3 is 2.77 bits per heavy atom. The minimum atomic E-state index is -2.69. The lowest BCUT2D eigenvalue weighted by Gasteiger charge is -2.26. The van der Waals surface area contributed by atoms with Gasteiger partial charge < -0.3 is 14.9 Å². The third kappa shape index (κ3) is 3.14. The van der Waals surface area contributed by atoms with Crippen LogP contribution in [0.1, 0.15) is 34.6 Å². The Hall–Kier alpha value is -3.55. The van der Waals surface area contributed by atoms with Crippen LogP contribution >= 0.6 is 0 Å². The number of H-pyrrole nitrogens is 2. The van der Waals surface area contributed by atoms with Crippen LogP contribution in [0.5, 0.6) is 0 Å². The number of alkyl halides is 2. The number of benzene rings is 2. The van der Waals surface area contributed by atoms with Crippen LogP contribution in [0.3, 0.4) is 0 Å². The van der Waals surface area contributed by atoms with Crippen molar-refractivity contribution in [2.75, 3.05) is 13.1 Å². The number of rotatable bonds is 3. The van der Waals surface area contributed by atoms with Crippen molar-refractivity contribution >= 4 is 33.4 Å². The first-order valence-corrected chi connectivity index (χ1v) is 9.53. The maximum absolute atomic E-state index is 13.4. The third-order valence-electron chi connectivity index (χ3n) is 5.44. The lowest BCUT2D eigenvalue weighted by atomic mass is 9.98. The second-order valence-corrected chi connectivity index (χ2v) is 7.28. The molecule has 0 aliphatic carbocycles. The Morgan fingerprint density at radius 1 is 1.13 bits per heavy atom. The number of aromatic nitrogens is 3. The van der Waals surface area contributed by atoms with Gasteiger partial charge in [-0.15, -0.1) is 0 Å². The van der Waals surface area contributed by atoms with Gasteiger partial charge in [-0.3, -0.25) is 4.79 Å². The summed E-state index contributed by atoms with van der Waals surface area (Å²) >= 11 is 0. The Bertz CT molecular complexity index is 1300. The number of nitrogens with one attached hydrogen (secondary N) is 2. The van der Waals surface area contributed by atoms with E-state index in [1.807, 2.05) is 12.3 Å². The Morgan fingerprint density at radius 2 is 2.00 bits per heavy atom. The van der Waals surface area contributed by atoms with Crippen molar-refractivity contribution in [2.45, 2.75) is 12.8 Å². The second-order valence-electron chi connectivity index (χ2n) is 7.28. The molecule has 2 aromatic heterocycles. The number of carbonyl (C=O) groups excluding carboxylic acids is 1. The van der Waals surface area contributed by atoms with Gasteiger partial charge in [-0.1, -0.05) is 6.08 Å². The molecule has 152 valence electrons. The number of nitrogens with zero attached hydrogens (tertiary/aromatic N) is 2. The van der Waals surface area contributed by atoms with Crippen molar-refractivity contribution in [1.29, 1.82) is 0 Å². The normalized spacial score (nSPS) is 14.7. The molecule has 0 unspecified atom stereocenters. The van der Waals surface area contributed by atoms with Gasteiger partial charge in [-0.2, -0.15) is 0 Å². The topological polar surface area (TPSA) is 64.8 Å². The first-order chi connectivity index (χ1) is 14.5. The van der Waals surface area contributed by atoms with E-state index in [9.17, 15) is 18.0 Å². The Labute approximate surface area is 169 Å². The van der Waals surface area contributed by atoms with Crippen molar-refractivity contribution in [1.82, 2.24) is 19.9 Å². The molecule has 0 bridgehead atoms. The summed E-state index contributed by atoms with van der Waals surface area (Å²) in [5, 5.41) is 0.946. The quantitative estimate of drug-likeness (QED) is 0.496. The van der Waals surface area contributed by atoms with Gasteiger partial charge in [0.15, 0.2) is 5.82 Å². The summed E-state index contributed by atoms with van der Waals surface area (Å²) in [7, 11) is 0. The standard InChI is InChI=1S/C22H17F3N4O/c23-14-2-3-15-16(11-26-18(15)10-14)12-5-7-29(8-6-12)22(30)13-1-4-17-19(9-13)28-21(27-17)20(24)25/h1-5,9-11,20,26H,6-8H2,(H,27,28). The van der Waals surface area contributed by atoms with Gasteiger partial charge in [0.1, 0.15) is 5.82 Å². The molecule has 1 aliphatic rings. The van der Waals surface area contributed by atoms with Gasteiger partial charge in [0, 0.05) is 41.3 Å². The summed E-state index contributed by atoms with van der Waals surface area (Å²) in [5.74, 6) is -0.861. The fourth-order valence-electron chi connectivity index (χ4n) is 3.91. The van der Waals surface area contributed by atoms with Crippen molar-refractivity contribution < 1.29 is 18.0 Å². The summed E-state index contributed by atoms with van der Waals surface area (Å²) in [6.45, 7) is 0.965. The molecule has 0 fully saturated rings. The fraction of sp³-hybridized carbons (Fsp3) is 0.182. The van der Waals surface area contributed by atoms with Gasteiger partial charge in [0.25, 0.3) is 12.3 Å². The summed E-state index contributed by atoms with van der Waals surface area (Å²) in [4.78, 5) is 24.1. The van der Waals surface area contributed by atoms with Gasteiger partial charge in [0.2, 0.25) is 0 Å². The van der Waals surface area contributed by atoms with Gasteiger partial charge in [-0.25, -0.2) is 18.2 Å². The molecule has 5 rings (SSSR count). The molecule has 2 aromatic carbocycles. The highest BCUT2D eigenvalue weighted by atomic mass is 19.3. The molecule has 0 spiro atoms. The molecular formula is C22H17F3N4O. The maximum atomic E-state index is 13.4. The number of halogens is 3. The van der Waals surface area contributed by atoms with Gasteiger partial charge in [-0.05, 0) is 48.4 Å². The number of hydrogen-bond acceptors (Lipinski definition) is 2. The zero-order valence-electron chi connectivity index (χ0n) is 15.8. The molecule has 30 heavy (non-hydrogen) atoms. The minimum Gasteiger partial charge on any atom is -0.360 e. The molecule has 0 radical (unpaired) electrons. The van der Waals surface area contributed by atoms with E-state index in [0.717, 1.165) is 22.0 Å². The van der Waals surface area contributed by atoms with Crippen LogP contribution in [0.25, 0.3) is 27.5 Å². The van der Waals surface area contributed by atoms with Crippen LogP contribution in [0.2, 0.25) is 0 Å². The predicted molar refractivity (Wildman–Crippen MR) is 108 cm³/mol.